The van der Waals surface area contributed by atoms with Gasteiger partial charge in [0, 0.05) is 16.4 Å². The first-order chi connectivity index (χ1) is 5.13. The molecule has 0 atom stereocenters. The number of hydrogen-bond donors (Lipinski definition) is 1. The summed E-state index contributed by atoms with van der Waals surface area (Å²) < 4.78 is 12.6. The second kappa shape index (κ2) is 2.65. The molecule has 3 nitrogen and oxygen atoms in total. The van der Waals surface area contributed by atoms with Gasteiger partial charge in [0.05, 0.1) is 4.48 Å². The molecule has 1 heterocycles. The quantitative estimate of drug-likeness (QED) is 0.650. The zero-order valence-corrected chi connectivity index (χ0v) is 5.91. The van der Waals surface area contributed by atoms with Crippen LogP contribution in [0.3, 0.4) is 0 Å². The van der Waals surface area contributed by atoms with E-state index in [-0.39, 0.29) is 10.5 Å². The Morgan fingerprint density at radius 2 is 2.36 bits per heavy atom. The summed E-state index contributed by atoms with van der Waals surface area (Å²) in [5.74, 6) is -1.26. The highest BCUT2D eigenvalue weighted by Crippen LogP contribution is 2.00. The second-order valence-corrected chi connectivity index (χ2v) is 2.16. The Labute approximate surface area is 62.6 Å². The molecule has 0 radical (unpaired) electrons. The summed E-state index contributed by atoms with van der Waals surface area (Å²) in [6.07, 6.45) is 1.05. The predicted octanol–water partition coefficient (Wildman–Crippen LogP) is 0.713. The summed E-state index contributed by atoms with van der Waals surface area (Å²) in [6, 6.07) is 2.99. The Bertz CT molecular complexity index is 278. The molecule has 0 aliphatic heterocycles. The Hall–Kier alpha value is -1.45. The van der Waals surface area contributed by atoms with Gasteiger partial charge in [-0.15, -0.1) is 0 Å². The fourth-order valence-corrected chi connectivity index (χ4v) is 0.845. The van der Waals surface area contributed by atoms with Crippen LogP contribution in [0.25, 0.3) is 0 Å². The van der Waals surface area contributed by atoms with Gasteiger partial charge in [0.2, 0.25) is 6.20 Å². The lowest BCUT2D eigenvalue weighted by molar-refractivity contribution is -0.845. The monoisotopic (exact) mass is 156 g/mol. The fourth-order valence-electron chi connectivity index (χ4n) is 0.845. The lowest BCUT2D eigenvalue weighted by Gasteiger charge is -1.90. The van der Waals surface area contributed by atoms with Crippen molar-refractivity contribution in [2.45, 2.75) is 6.92 Å². The summed E-state index contributed by atoms with van der Waals surface area (Å²) in [7, 11) is 0. The van der Waals surface area contributed by atoms with E-state index >= 15 is 0 Å². The van der Waals surface area contributed by atoms with E-state index in [1.54, 1.807) is 13.0 Å². The van der Waals surface area contributed by atoms with Gasteiger partial charge >= 0.3 is 11.7 Å². The highest BCUT2D eigenvalue weighted by atomic mass is 19.2. The number of halogens is 1. The van der Waals surface area contributed by atoms with Gasteiger partial charge in [-0.2, -0.15) is 0 Å². The molecular formula is C7H7FNO2+. The smallest absolute Gasteiger partial charge is 0.405 e. The summed E-state index contributed by atoms with van der Waals surface area (Å²) in [5.41, 5.74) is 0.0787. The van der Waals surface area contributed by atoms with Gasteiger partial charge in [0.15, 0.2) is 0 Å². The van der Waals surface area contributed by atoms with Crippen molar-refractivity contribution in [3.63, 3.8) is 0 Å². The fraction of sp³-hybridized carbons (Fsp3) is 0.143. The van der Waals surface area contributed by atoms with Crippen molar-refractivity contribution in [3.8, 4) is 0 Å². The minimum Gasteiger partial charge on any atom is -0.473 e. The molecule has 0 fully saturated rings. The number of aryl methyl sites for hydroxylation is 1. The van der Waals surface area contributed by atoms with Crippen LogP contribution in [-0.4, -0.2) is 11.1 Å². The molecule has 58 valence electrons. The van der Waals surface area contributed by atoms with Crippen LogP contribution in [0.2, 0.25) is 0 Å². The first-order valence-electron chi connectivity index (χ1n) is 3.03. The number of carbonyl (C=O) groups is 1. The number of hydrogen-bond acceptors (Lipinski definition) is 1. The van der Waals surface area contributed by atoms with Gasteiger partial charge in [-0.3, -0.25) is 0 Å². The number of pyridine rings is 1. The van der Waals surface area contributed by atoms with Gasteiger partial charge in [-0.25, -0.2) is 4.79 Å². The van der Waals surface area contributed by atoms with Crippen LogP contribution in [0.5, 0.6) is 0 Å². The molecule has 0 unspecified atom stereocenters. The third-order valence-electron chi connectivity index (χ3n) is 1.35. The van der Waals surface area contributed by atoms with Crippen molar-refractivity contribution in [2.75, 3.05) is 0 Å². The standard InChI is InChI=1S/C7H6FNO2/c1-5-3-2-4-9(8)6(5)7(10)11/h2-4H,1H3/p+1. The largest absolute Gasteiger partial charge is 0.473 e. The first kappa shape index (κ1) is 7.65. The maximum absolute atomic E-state index is 12.6. The number of aromatic nitrogens is 1. The number of carboxylic acid groups (broad SMARTS) is 1. The molecule has 0 saturated carbocycles. The molecule has 1 aromatic heterocycles. The average Bonchev–Trinajstić information content (AvgIpc) is 1.85. The zero-order valence-electron chi connectivity index (χ0n) is 5.91. The normalized spacial score (nSPS) is 9.64. The van der Waals surface area contributed by atoms with E-state index in [1.165, 1.54) is 6.07 Å². The third kappa shape index (κ3) is 1.34. The number of carboxylic acids is 1. The van der Waals surface area contributed by atoms with Gasteiger partial charge < -0.3 is 5.11 Å². The van der Waals surface area contributed by atoms with E-state index in [0.29, 0.717) is 5.56 Å². The summed E-state index contributed by atoms with van der Waals surface area (Å²) in [6.45, 7) is 1.54. The molecule has 0 aliphatic carbocycles. The Morgan fingerprint density at radius 1 is 1.73 bits per heavy atom. The topological polar surface area (TPSA) is 41.2 Å². The number of rotatable bonds is 1. The van der Waals surface area contributed by atoms with Crippen LogP contribution >= 0.6 is 0 Å². The molecule has 0 bridgehead atoms. The van der Waals surface area contributed by atoms with E-state index in [9.17, 15) is 9.28 Å². The van der Waals surface area contributed by atoms with Gasteiger partial charge in [0.25, 0.3) is 0 Å². The molecule has 0 spiro atoms. The third-order valence-corrected chi connectivity index (χ3v) is 1.35. The molecule has 1 N–H and O–H groups in total. The molecule has 0 aromatic carbocycles. The van der Waals surface area contributed by atoms with Crippen LogP contribution in [0.1, 0.15) is 16.1 Å². The molecule has 0 aliphatic rings. The molecule has 11 heavy (non-hydrogen) atoms. The lowest BCUT2D eigenvalue weighted by atomic mass is 10.2. The van der Waals surface area contributed by atoms with Crippen molar-refractivity contribution in [1.82, 2.24) is 0 Å². The Kier molecular flexibility index (Phi) is 1.85. The van der Waals surface area contributed by atoms with Crippen molar-refractivity contribution in [2.24, 2.45) is 0 Å². The molecule has 1 rings (SSSR count). The first-order valence-corrected chi connectivity index (χ1v) is 3.03. The minimum atomic E-state index is -1.26. The average molecular weight is 156 g/mol. The maximum Gasteiger partial charge on any atom is 0.405 e. The van der Waals surface area contributed by atoms with Gasteiger partial charge in [-0.05, 0) is 13.0 Å². The van der Waals surface area contributed by atoms with Crippen LogP contribution in [0.15, 0.2) is 18.3 Å². The predicted molar refractivity (Wildman–Crippen MR) is 34.8 cm³/mol. The summed E-state index contributed by atoms with van der Waals surface area (Å²) >= 11 is 0. The van der Waals surface area contributed by atoms with Crippen LogP contribution in [-0.2, 0) is 0 Å². The van der Waals surface area contributed by atoms with Gasteiger partial charge in [-0.1, -0.05) is 0 Å². The molecule has 0 amide bonds. The van der Waals surface area contributed by atoms with Crippen molar-refractivity contribution in [3.05, 3.63) is 29.6 Å². The SMILES string of the molecule is Cc1ccc[n+](F)c1C(=O)O. The van der Waals surface area contributed by atoms with Crippen molar-refractivity contribution < 1.29 is 19.2 Å². The summed E-state index contributed by atoms with van der Waals surface area (Å²) in [4.78, 5) is 10.5. The van der Waals surface area contributed by atoms with Crippen LogP contribution in [0, 0.1) is 6.92 Å². The number of nitrogens with zero attached hydrogens (tertiary/aromatic N) is 1. The highest BCUT2D eigenvalue weighted by Gasteiger charge is 2.21. The molecular weight excluding hydrogens is 149 g/mol. The Balaban J connectivity index is 3.32. The molecule has 1 aromatic rings. The lowest BCUT2D eigenvalue weighted by Crippen LogP contribution is -2.32. The summed E-state index contributed by atoms with van der Waals surface area (Å²) in [5, 5.41) is 8.49. The Morgan fingerprint density at radius 3 is 2.73 bits per heavy atom. The minimum absolute atomic E-state index is 0.0949. The van der Waals surface area contributed by atoms with E-state index < -0.39 is 5.97 Å². The van der Waals surface area contributed by atoms with Crippen LogP contribution < -0.4 is 4.79 Å². The van der Waals surface area contributed by atoms with Crippen LogP contribution in [0.4, 0.5) is 4.48 Å². The number of aromatic carboxylic acids is 1. The molecule has 0 saturated heterocycles. The van der Waals surface area contributed by atoms with E-state index in [1.807, 2.05) is 0 Å². The highest BCUT2D eigenvalue weighted by molar-refractivity contribution is 5.85. The zero-order chi connectivity index (χ0) is 8.43. The van der Waals surface area contributed by atoms with E-state index in [2.05, 4.69) is 0 Å². The molecule has 4 heteroatoms. The van der Waals surface area contributed by atoms with Crippen molar-refractivity contribution in [1.29, 1.82) is 0 Å². The van der Waals surface area contributed by atoms with E-state index in [0.717, 1.165) is 6.20 Å². The second-order valence-electron chi connectivity index (χ2n) is 2.16. The van der Waals surface area contributed by atoms with E-state index in [4.69, 9.17) is 5.11 Å². The maximum atomic E-state index is 12.6. The van der Waals surface area contributed by atoms with Crippen molar-refractivity contribution >= 4 is 5.97 Å². The van der Waals surface area contributed by atoms with Gasteiger partial charge in [0.1, 0.15) is 0 Å².